The van der Waals surface area contributed by atoms with Gasteiger partial charge in [0.05, 0.1) is 27.8 Å². The van der Waals surface area contributed by atoms with Crippen LogP contribution in [-0.4, -0.2) is 8.42 Å². The molecule has 1 atom stereocenters. The Hall–Kier alpha value is -1.39. The summed E-state index contributed by atoms with van der Waals surface area (Å²) in [5, 5.41) is 8.61. The van der Waals surface area contributed by atoms with Crippen molar-refractivity contribution in [3.05, 3.63) is 51.2 Å². The molecule has 0 saturated carbocycles. The molecule has 0 radical (unpaired) electrons. The van der Waals surface area contributed by atoms with Gasteiger partial charge in [-0.2, -0.15) is 5.26 Å². The summed E-state index contributed by atoms with van der Waals surface area (Å²) in [6, 6.07) is 11.5. The van der Waals surface area contributed by atoms with Crippen LogP contribution < -0.4 is 4.72 Å². The normalized spacial score (nSPS) is 12.8. The molecular weight excluding hydrogens is 328 g/mol. The second-order valence-electron chi connectivity index (χ2n) is 4.46. The van der Waals surface area contributed by atoms with Gasteiger partial charge in [0.25, 0.3) is 0 Å². The summed E-state index contributed by atoms with van der Waals surface area (Å²) >= 11 is 7.20. The topological polar surface area (TPSA) is 70.0 Å². The van der Waals surface area contributed by atoms with E-state index in [1.807, 2.05) is 6.07 Å². The Kier molecular flexibility index (Phi) is 5.01. The molecule has 0 spiro atoms. The number of nitrogens with one attached hydrogen (secondary N) is 1. The van der Waals surface area contributed by atoms with Gasteiger partial charge >= 0.3 is 0 Å². The van der Waals surface area contributed by atoms with Crippen LogP contribution in [0.15, 0.2) is 41.3 Å². The highest BCUT2D eigenvalue weighted by Gasteiger charge is 2.19. The summed E-state index contributed by atoms with van der Waals surface area (Å²) in [5.74, 6) is 0. The summed E-state index contributed by atoms with van der Waals surface area (Å²) in [5.41, 5.74) is 0.787. The first-order chi connectivity index (χ1) is 9.92. The Balaban J connectivity index is 2.16. The quantitative estimate of drug-likeness (QED) is 0.905. The third kappa shape index (κ3) is 4.05. The minimum absolute atomic E-state index is 0.179. The number of sulfonamides is 1. The van der Waals surface area contributed by atoms with Crippen LogP contribution in [0, 0.1) is 11.3 Å². The van der Waals surface area contributed by atoms with E-state index in [2.05, 4.69) is 4.72 Å². The molecule has 0 aliphatic heterocycles. The molecule has 7 heteroatoms. The van der Waals surface area contributed by atoms with E-state index in [4.69, 9.17) is 16.9 Å². The molecule has 1 heterocycles. The van der Waals surface area contributed by atoms with Crippen molar-refractivity contribution in [1.82, 2.24) is 4.72 Å². The minimum atomic E-state index is -3.60. The van der Waals surface area contributed by atoms with E-state index in [9.17, 15) is 8.42 Å². The van der Waals surface area contributed by atoms with Gasteiger partial charge in [0.15, 0.2) is 0 Å². The van der Waals surface area contributed by atoms with Crippen molar-refractivity contribution in [3.63, 3.8) is 0 Å². The molecule has 0 amide bonds. The summed E-state index contributed by atoms with van der Waals surface area (Å²) in [6.45, 7) is 1.77. The molecule has 0 saturated heterocycles. The molecule has 110 valence electrons. The van der Waals surface area contributed by atoms with Crippen LogP contribution in [0.5, 0.6) is 0 Å². The molecule has 0 aliphatic carbocycles. The smallest absolute Gasteiger partial charge is 0.207 e. The largest absolute Gasteiger partial charge is 0.241 e. The first kappa shape index (κ1) is 16.0. The van der Waals surface area contributed by atoms with Crippen molar-refractivity contribution in [2.24, 2.45) is 0 Å². The van der Waals surface area contributed by atoms with Gasteiger partial charge in [-0.3, -0.25) is 0 Å². The number of halogens is 1. The van der Waals surface area contributed by atoms with Gasteiger partial charge in [-0.1, -0.05) is 23.7 Å². The Bertz CT molecular complexity index is 761. The standard InChI is InChI=1S/C14H13ClN2O2S2/c1-10(13-6-7-14(15)20-13)17-21(18,19)12-4-2-11(3-5-12)8-9-16/h2-7,10,17H,8H2,1H3. The van der Waals surface area contributed by atoms with Crippen LogP contribution in [0.3, 0.4) is 0 Å². The number of hydrogen-bond acceptors (Lipinski definition) is 4. The monoisotopic (exact) mass is 340 g/mol. The fourth-order valence-corrected chi connectivity index (χ4v) is 4.16. The third-order valence-electron chi connectivity index (χ3n) is 2.87. The molecule has 21 heavy (non-hydrogen) atoms. The first-order valence-electron chi connectivity index (χ1n) is 6.16. The third-order valence-corrected chi connectivity index (χ3v) is 5.84. The van der Waals surface area contributed by atoms with Gasteiger partial charge < -0.3 is 0 Å². The average Bonchev–Trinajstić information content (AvgIpc) is 2.86. The maximum atomic E-state index is 12.3. The lowest BCUT2D eigenvalue weighted by Gasteiger charge is -2.13. The summed E-state index contributed by atoms with van der Waals surface area (Å²) in [6.07, 6.45) is 0.262. The molecule has 2 rings (SSSR count). The Labute approximate surface area is 133 Å². The highest BCUT2D eigenvalue weighted by molar-refractivity contribution is 7.89. The van der Waals surface area contributed by atoms with E-state index in [1.54, 1.807) is 31.2 Å². The van der Waals surface area contributed by atoms with Gasteiger partial charge in [0.1, 0.15) is 0 Å². The first-order valence-corrected chi connectivity index (χ1v) is 8.83. The van der Waals surface area contributed by atoms with Crippen molar-refractivity contribution < 1.29 is 8.42 Å². The van der Waals surface area contributed by atoms with E-state index >= 15 is 0 Å². The highest BCUT2D eigenvalue weighted by atomic mass is 35.5. The predicted octanol–water partition coefficient (Wildman–Crippen LogP) is 3.51. The molecule has 1 N–H and O–H groups in total. The molecule has 1 aromatic heterocycles. The van der Waals surface area contributed by atoms with Crippen molar-refractivity contribution in [2.45, 2.75) is 24.3 Å². The maximum absolute atomic E-state index is 12.3. The van der Waals surface area contributed by atoms with Crippen LogP contribution in [0.4, 0.5) is 0 Å². The van der Waals surface area contributed by atoms with Crippen LogP contribution in [-0.2, 0) is 16.4 Å². The molecule has 4 nitrogen and oxygen atoms in total. The SMILES string of the molecule is CC(NS(=O)(=O)c1ccc(CC#N)cc1)c1ccc(Cl)s1. The molecule has 0 fully saturated rings. The van der Waals surface area contributed by atoms with Crippen molar-refractivity contribution in [2.75, 3.05) is 0 Å². The molecule has 0 bridgehead atoms. The number of nitriles is 1. The second-order valence-corrected chi connectivity index (χ2v) is 7.92. The number of nitrogens with zero attached hydrogens (tertiary/aromatic N) is 1. The van der Waals surface area contributed by atoms with Crippen molar-refractivity contribution in [1.29, 1.82) is 5.26 Å². The lowest BCUT2D eigenvalue weighted by Crippen LogP contribution is -2.26. The fraction of sp³-hybridized carbons (Fsp3) is 0.214. The molecule has 1 unspecified atom stereocenters. The summed E-state index contributed by atoms with van der Waals surface area (Å²) in [7, 11) is -3.60. The van der Waals surface area contributed by atoms with E-state index < -0.39 is 10.0 Å². The Morgan fingerprint density at radius 2 is 1.95 bits per heavy atom. The molecule has 2 aromatic rings. The van der Waals surface area contributed by atoms with Gasteiger partial charge in [0, 0.05) is 4.88 Å². The molecule has 1 aromatic carbocycles. The van der Waals surface area contributed by atoms with Gasteiger partial charge in [0.2, 0.25) is 10.0 Å². The number of thiophene rings is 1. The zero-order valence-corrected chi connectivity index (χ0v) is 13.6. The maximum Gasteiger partial charge on any atom is 0.241 e. The van der Waals surface area contributed by atoms with Crippen molar-refractivity contribution in [3.8, 4) is 6.07 Å². The summed E-state index contributed by atoms with van der Waals surface area (Å²) in [4.78, 5) is 1.03. The van der Waals surface area contributed by atoms with Gasteiger partial charge in [-0.05, 0) is 36.8 Å². The zero-order valence-electron chi connectivity index (χ0n) is 11.2. The molecule has 0 aliphatic rings. The second kappa shape index (κ2) is 6.58. The van der Waals surface area contributed by atoms with Gasteiger partial charge in [-0.25, -0.2) is 13.1 Å². The lowest BCUT2D eigenvalue weighted by atomic mass is 10.2. The lowest BCUT2D eigenvalue weighted by molar-refractivity contribution is 0.568. The highest BCUT2D eigenvalue weighted by Crippen LogP contribution is 2.27. The number of benzene rings is 1. The van der Waals surface area contributed by atoms with Crippen molar-refractivity contribution >= 4 is 33.0 Å². The van der Waals surface area contributed by atoms with E-state index in [-0.39, 0.29) is 17.4 Å². The van der Waals surface area contributed by atoms with Crippen LogP contribution in [0.1, 0.15) is 23.4 Å². The molecular formula is C14H13ClN2O2S2. The van der Waals surface area contributed by atoms with Crippen LogP contribution in [0.25, 0.3) is 0 Å². The summed E-state index contributed by atoms with van der Waals surface area (Å²) < 4.78 is 27.8. The number of hydrogen-bond donors (Lipinski definition) is 1. The predicted molar refractivity (Wildman–Crippen MR) is 83.8 cm³/mol. The van der Waals surface area contributed by atoms with E-state index in [1.165, 1.54) is 23.5 Å². The Morgan fingerprint density at radius 1 is 1.29 bits per heavy atom. The van der Waals surface area contributed by atoms with Crippen LogP contribution in [0.2, 0.25) is 4.34 Å². The minimum Gasteiger partial charge on any atom is -0.207 e. The fourth-order valence-electron chi connectivity index (χ4n) is 1.80. The van der Waals surface area contributed by atoms with Gasteiger partial charge in [-0.15, -0.1) is 11.3 Å². The van der Waals surface area contributed by atoms with E-state index in [0.717, 1.165) is 10.4 Å². The average molecular weight is 341 g/mol. The van der Waals surface area contributed by atoms with Crippen LogP contribution >= 0.6 is 22.9 Å². The van der Waals surface area contributed by atoms with E-state index in [0.29, 0.717) is 4.34 Å². The zero-order chi connectivity index (χ0) is 15.5. The Morgan fingerprint density at radius 3 is 2.48 bits per heavy atom. The number of rotatable bonds is 5.